The van der Waals surface area contributed by atoms with Gasteiger partial charge in [-0.25, -0.2) is 0 Å². The van der Waals surface area contributed by atoms with Crippen molar-refractivity contribution >= 4 is 11.8 Å². The van der Waals surface area contributed by atoms with E-state index in [1.165, 1.54) is 0 Å². The Bertz CT molecular complexity index is 739. The SMILES string of the molecule is O=C(NCCCN1CCCC1=O)C1=C[C@H](c2ccccc2)C[C@H](OCCOCCO)O1. The van der Waals surface area contributed by atoms with Gasteiger partial charge in [-0.2, -0.15) is 0 Å². The summed E-state index contributed by atoms with van der Waals surface area (Å²) in [4.78, 5) is 26.2. The number of carbonyl (C=O) groups excluding carboxylic acids is 2. The summed E-state index contributed by atoms with van der Waals surface area (Å²) >= 11 is 0. The molecule has 1 aromatic carbocycles. The number of carbonyl (C=O) groups is 2. The van der Waals surface area contributed by atoms with E-state index in [0.717, 1.165) is 18.5 Å². The zero-order chi connectivity index (χ0) is 21.9. The maximum absolute atomic E-state index is 12.7. The Morgan fingerprint density at radius 2 is 2.06 bits per heavy atom. The third-order valence-electron chi connectivity index (χ3n) is 5.34. The predicted molar refractivity (Wildman–Crippen MR) is 114 cm³/mol. The molecule has 0 aromatic heterocycles. The molecule has 170 valence electrons. The summed E-state index contributed by atoms with van der Waals surface area (Å²) in [7, 11) is 0. The van der Waals surface area contributed by atoms with Crippen LogP contribution in [0.1, 0.15) is 37.2 Å². The van der Waals surface area contributed by atoms with Gasteiger partial charge in [0.25, 0.3) is 5.91 Å². The van der Waals surface area contributed by atoms with Crippen molar-refractivity contribution in [1.29, 1.82) is 0 Å². The molecule has 2 N–H and O–H groups in total. The normalized spacial score (nSPS) is 21.0. The van der Waals surface area contributed by atoms with Crippen LogP contribution in [0.5, 0.6) is 0 Å². The van der Waals surface area contributed by atoms with Gasteiger partial charge < -0.3 is 29.5 Å². The Morgan fingerprint density at radius 3 is 2.81 bits per heavy atom. The zero-order valence-electron chi connectivity index (χ0n) is 17.8. The lowest BCUT2D eigenvalue weighted by atomic mass is 9.93. The zero-order valence-corrected chi connectivity index (χ0v) is 17.8. The van der Waals surface area contributed by atoms with Crippen molar-refractivity contribution in [2.45, 2.75) is 37.9 Å². The van der Waals surface area contributed by atoms with Crippen molar-refractivity contribution in [3.8, 4) is 0 Å². The van der Waals surface area contributed by atoms with Gasteiger partial charge in [-0.05, 0) is 24.5 Å². The van der Waals surface area contributed by atoms with Gasteiger partial charge in [-0.15, -0.1) is 0 Å². The van der Waals surface area contributed by atoms with Crippen molar-refractivity contribution in [2.24, 2.45) is 0 Å². The number of ether oxygens (including phenoxy) is 3. The molecule has 31 heavy (non-hydrogen) atoms. The van der Waals surface area contributed by atoms with Gasteiger partial charge >= 0.3 is 0 Å². The van der Waals surface area contributed by atoms with E-state index in [-0.39, 0.29) is 36.7 Å². The summed E-state index contributed by atoms with van der Waals surface area (Å²) in [6.45, 7) is 2.82. The van der Waals surface area contributed by atoms with Gasteiger partial charge in [-0.3, -0.25) is 9.59 Å². The molecular formula is C23H32N2O6. The molecule has 2 atom stereocenters. The third kappa shape index (κ3) is 7.34. The number of allylic oxidation sites excluding steroid dienone is 1. The minimum absolute atomic E-state index is 0.00119. The van der Waals surface area contributed by atoms with Gasteiger partial charge in [0.05, 0.1) is 26.4 Å². The molecule has 1 aromatic rings. The number of nitrogens with one attached hydrogen (secondary N) is 1. The molecule has 3 rings (SSSR count). The molecule has 2 heterocycles. The number of nitrogens with zero attached hydrogens (tertiary/aromatic N) is 1. The van der Waals surface area contributed by atoms with Crippen LogP contribution in [0.25, 0.3) is 0 Å². The van der Waals surface area contributed by atoms with E-state index >= 15 is 0 Å². The van der Waals surface area contributed by atoms with Crippen LogP contribution in [-0.2, 0) is 23.8 Å². The maximum atomic E-state index is 12.7. The number of hydrogen-bond donors (Lipinski definition) is 2. The summed E-state index contributed by atoms with van der Waals surface area (Å²) in [6, 6.07) is 9.94. The van der Waals surface area contributed by atoms with E-state index in [4.69, 9.17) is 19.3 Å². The van der Waals surface area contributed by atoms with Crippen LogP contribution in [-0.4, -0.2) is 74.2 Å². The first-order valence-corrected chi connectivity index (χ1v) is 11.0. The number of aliphatic hydroxyl groups excluding tert-OH is 1. The highest BCUT2D eigenvalue weighted by molar-refractivity contribution is 5.91. The highest BCUT2D eigenvalue weighted by Gasteiger charge is 2.28. The van der Waals surface area contributed by atoms with Crippen LogP contribution in [0.4, 0.5) is 0 Å². The lowest BCUT2D eigenvalue weighted by Gasteiger charge is -2.29. The fourth-order valence-corrected chi connectivity index (χ4v) is 3.76. The van der Waals surface area contributed by atoms with Gasteiger partial charge in [0.2, 0.25) is 12.2 Å². The highest BCUT2D eigenvalue weighted by Crippen LogP contribution is 2.31. The average molecular weight is 433 g/mol. The molecule has 0 aliphatic carbocycles. The summed E-state index contributed by atoms with van der Waals surface area (Å²) in [5.74, 6) is 0.164. The molecule has 8 heteroatoms. The van der Waals surface area contributed by atoms with E-state index < -0.39 is 6.29 Å². The molecule has 1 fully saturated rings. The fourth-order valence-electron chi connectivity index (χ4n) is 3.76. The smallest absolute Gasteiger partial charge is 0.286 e. The number of benzene rings is 1. The Labute approximate surface area is 183 Å². The van der Waals surface area contributed by atoms with Crippen LogP contribution in [0.15, 0.2) is 42.2 Å². The van der Waals surface area contributed by atoms with E-state index in [1.807, 2.05) is 41.3 Å². The number of likely N-dealkylation sites (tertiary alicyclic amines) is 1. The second-order valence-electron chi connectivity index (χ2n) is 7.63. The van der Waals surface area contributed by atoms with Crippen molar-refractivity contribution in [3.05, 3.63) is 47.7 Å². The predicted octanol–water partition coefficient (Wildman–Crippen LogP) is 1.55. The van der Waals surface area contributed by atoms with Crippen molar-refractivity contribution < 1.29 is 28.9 Å². The van der Waals surface area contributed by atoms with E-state index in [2.05, 4.69) is 5.32 Å². The molecule has 8 nitrogen and oxygen atoms in total. The molecule has 2 amide bonds. The monoisotopic (exact) mass is 432 g/mol. The molecule has 0 saturated carbocycles. The first-order chi connectivity index (χ1) is 15.2. The van der Waals surface area contributed by atoms with E-state index in [9.17, 15) is 9.59 Å². The Morgan fingerprint density at radius 1 is 1.23 bits per heavy atom. The second-order valence-corrected chi connectivity index (χ2v) is 7.63. The molecule has 2 aliphatic rings. The minimum atomic E-state index is -0.559. The molecule has 1 saturated heterocycles. The number of hydrogen-bond acceptors (Lipinski definition) is 6. The minimum Gasteiger partial charge on any atom is -0.459 e. The largest absolute Gasteiger partial charge is 0.459 e. The van der Waals surface area contributed by atoms with Crippen molar-refractivity contribution in [3.63, 3.8) is 0 Å². The summed E-state index contributed by atoms with van der Waals surface area (Å²) < 4.78 is 16.8. The molecular weight excluding hydrogens is 400 g/mol. The van der Waals surface area contributed by atoms with E-state index in [1.54, 1.807) is 0 Å². The standard InChI is InChI=1S/C23H32N2O6/c26-12-13-29-14-15-30-22-17-19(18-6-2-1-3-7-18)16-20(31-22)23(28)24-9-5-11-25-10-4-8-21(25)27/h1-3,6-7,16,19,22,26H,4-5,8-15,17H2,(H,24,28)/t19-,22+/m0/s1. The summed E-state index contributed by atoms with van der Waals surface area (Å²) in [5, 5.41) is 11.7. The Hall–Kier alpha value is -2.42. The van der Waals surface area contributed by atoms with Crippen LogP contribution < -0.4 is 5.32 Å². The van der Waals surface area contributed by atoms with Crippen molar-refractivity contribution in [2.75, 3.05) is 46.1 Å². The number of aliphatic hydroxyl groups is 1. The van der Waals surface area contributed by atoms with Crippen molar-refractivity contribution in [1.82, 2.24) is 10.2 Å². The van der Waals surface area contributed by atoms with Gasteiger partial charge in [0.15, 0.2) is 5.76 Å². The first-order valence-electron chi connectivity index (χ1n) is 11.0. The fraction of sp³-hybridized carbons (Fsp3) is 0.565. The van der Waals surface area contributed by atoms with Gasteiger partial charge in [0, 0.05) is 38.4 Å². The lowest BCUT2D eigenvalue weighted by Crippen LogP contribution is -2.35. The lowest BCUT2D eigenvalue weighted by molar-refractivity contribution is -0.151. The molecule has 0 spiro atoms. The Balaban J connectivity index is 1.53. The Kier molecular flexibility index (Phi) is 9.33. The van der Waals surface area contributed by atoms with Gasteiger partial charge in [-0.1, -0.05) is 30.3 Å². The quantitative estimate of drug-likeness (QED) is 0.487. The highest BCUT2D eigenvalue weighted by atomic mass is 16.7. The molecule has 2 aliphatic heterocycles. The van der Waals surface area contributed by atoms with E-state index in [0.29, 0.717) is 45.6 Å². The number of amides is 2. The second kappa shape index (κ2) is 12.4. The molecule has 0 unspecified atom stereocenters. The van der Waals surface area contributed by atoms with Crippen LogP contribution in [0.3, 0.4) is 0 Å². The third-order valence-corrected chi connectivity index (χ3v) is 5.34. The van der Waals surface area contributed by atoms with Crippen LogP contribution in [0.2, 0.25) is 0 Å². The topological polar surface area (TPSA) is 97.3 Å². The average Bonchev–Trinajstić information content (AvgIpc) is 3.21. The maximum Gasteiger partial charge on any atom is 0.286 e. The van der Waals surface area contributed by atoms with Gasteiger partial charge in [0.1, 0.15) is 0 Å². The summed E-state index contributed by atoms with van der Waals surface area (Å²) in [5.41, 5.74) is 1.09. The number of rotatable bonds is 12. The molecule has 0 radical (unpaired) electrons. The van der Waals surface area contributed by atoms with Crippen LogP contribution in [0, 0.1) is 0 Å². The van der Waals surface area contributed by atoms with Crippen LogP contribution >= 0.6 is 0 Å². The molecule has 0 bridgehead atoms. The summed E-state index contributed by atoms with van der Waals surface area (Å²) in [6.07, 6.45) is 4.12. The first kappa shape index (κ1) is 23.2.